The molecule has 1 aromatic carbocycles. The summed E-state index contributed by atoms with van der Waals surface area (Å²) >= 11 is 1.65. The van der Waals surface area contributed by atoms with Crippen LogP contribution >= 0.6 is 11.3 Å². The van der Waals surface area contributed by atoms with Crippen LogP contribution in [-0.4, -0.2) is 15.2 Å². The van der Waals surface area contributed by atoms with Crippen molar-refractivity contribution in [3.63, 3.8) is 0 Å². The second kappa shape index (κ2) is 3.94. The Morgan fingerprint density at radius 1 is 1.38 bits per heavy atom. The number of aromatic nitrogens is 3. The van der Waals surface area contributed by atoms with Crippen molar-refractivity contribution in [3.8, 4) is 0 Å². The van der Waals surface area contributed by atoms with Crippen LogP contribution in [0.2, 0.25) is 0 Å². The molecule has 4 nitrogen and oxygen atoms in total. The van der Waals surface area contributed by atoms with Crippen LogP contribution in [0, 0.1) is 0 Å². The van der Waals surface area contributed by atoms with Gasteiger partial charge in [-0.2, -0.15) is 5.10 Å². The molecule has 2 heterocycles. The third-order valence-corrected chi connectivity index (χ3v) is 3.17. The standard InChI is InChI=1S/C11H10N4S/c1-2-8-6-14-15-11(8)9(3-1)13-7-10-12-4-5-16-10/h1-6,13H,7H2,(H,14,15). The molecule has 3 aromatic rings. The summed E-state index contributed by atoms with van der Waals surface area (Å²) in [5.41, 5.74) is 2.10. The van der Waals surface area contributed by atoms with Crippen molar-refractivity contribution in [1.29, 1.82) is 0 Å². The number of nitrogens with zero attached hydrogens (tertiary/aromatic N) is 2. The van der Waals surface area contributed by atoms with Crippen LogP contribution in [0.1, 0.15) is 5.01 Å². The lowest BCUT2D eigenvalue weighted by atomic mass is 10.2. The Bertz CT molecular complexity index is 585. The topological polar surface area (TPSA) is 53.6 Å². The number of hydrogen-bond donors (Lipinski definition) is 2. The highest BCUT2D eigenvalue weighted by Gasteiger charge is 2.02. The summed E-state index contributed by atoms with van der Waals surface area (Å²) in [4.78, 5) is 4.23. The van der Waals surface area contributed by atoms with Crippen LogP contribution in [0.5, 0.6) is 0 Å². The van der Waals surface area contributed by atoms with E-state index in [0.717, 1.165) is 28.1 Å². The van der Waals surface area contributed by atoms with Crippen LogP contribution in [0.15, 0.2) is 36.0 Å². The van der Waals surface area contributed by atoms with Crippen LogP contribution in [0.25, 0.3) is 10.9 Å². The van der Waals surface area contributed by atoms with Crippen LogP contribution in [0.3, 0.4) is 0 Å². The Morgan fingerprint density at radius 2 is 2.38 bits per heavy atom. The SMILES string of the molecule is c1cc(NCc2nccs2)c2[nH]ncc2c1. The predicted octanol–water partition coefficient (Wildman–Crippen LogP) is 2.63. The zero-order valence-electron chi connectivity index (χ0n) is 8.47. The minimum atomic E-state index is 0.746. The molecule has 0 bridgehead atoms. The second-order valence-electron chi connectivity index (χ2n) is 3.42. The summed E-state index contributed by atoms with van der Waals surface area (Å²) in [5, 5.41) is 14.5. The molecule has 16 heavy (non-hydrogen) atoms. The van der Waals surface area contributed by atoms with Gasteiger partial charge in [0.15, 0.2) is 0 Å². The fraction of sp³-hybridized carbons (Fsp3) is 0.0909. The molecule has 5 heteroatoms. The number of H-pyrrole nitrogens is 1. The monoisotopic (exact) mass is 230 g/mol. The normalized spacial score (nSPS) is 10.8. The van der Waals surface area contributed by atoms with Gasteiger partial charge in [-0.1, -0.05) is 12.1 Å². The first-order valence-electron chi connectivity index (χ1n) is 4.98. The maximum absolute atomic E-state index is 4.23. The lowest BCUT2D eigenvalue weighted by Gasteiger charge is -2.04. The number of anilines is 1. The molecule has 0 amide bonds. The molecule has 0 aliphatic rings. The van der Waals surface area contributed by atoms with Crippen molar-refractivity contribution in [2.75, 3.05) is 5.32 Å². The van der Waals surface area contributed by atoms with E-state index in [1.807, 2.05) is 36.0 Å². The summed E-state index contributed by atoms with van der Waals surface area (Å²) in [6.45, 7) is 0.746. The maximum Gasteiger partial charge on any atom is 0.112 e. The number of hydrogen-bond acceptors (Lipinski definition) is 4. The molecule has 0 aliphatic carbocycles. The molecule has 0 saturated heterocycles. The number of fused-ring (bicyclic) bond motifs is 1. The quantitative estimate of drug-likeness (QED) is 0.727. The van der Waals surface area contributed by atoms with E-state index < -0.39 is 0 Å². The van der Waals surface area contributed by atoms with Crippen molar-refractivity contribution in [1.82, 2.24) is 15.2 Å². The molecule has 80 valence electrons. The predicted molar refractivity (Wildman–Crippen MR) is 65.5 cm³/mol. The number of para-hydroxylation sites is 1. The molecule has 0 aliphatic heterocycles. The first-order valence-corrected chi connectivity index (χ1v) is 5.86. The largest absolute Gasteiger partial charge is 0.377 e. The van der Waals surface area contributed by atoms with Crippen molar-refractivity contribution < 1.29 is 0 Å². The second-order valence-corrected chi connectivity index (χ2v) is 4.40. The molecular weight excluding hydrogens is 220 g/mol. The van der Waals surface area contributed by atoms with Gasteiger partial charge < -0.3 is 5.32 Å². The molecule has 2 aromatic heterocycles. The van der Waals surface area contributed by atoms with Crippen molar-refractivity contribution in [2.24, 2.45) is 0 Å². The minimum Gasteiger partial charge on any atom is -0.377 e. The van der Waals surface area contributed by atoms with Gasteiger partial charge in [0.25, 0.3) is 0 Å². The van der Waals surface area contributed by atoms with E-state index in [1.54, 1.807) is 11.3 Å². The lowest BCUT2D eigenvalue weighted by Crippen LogP contribution is -1.99. The van der Waals surface area contributed by atoms with Crippen molar-refractivity contribution in [2.45, 2.75) is 6.54 Å². The number of aromatic amines is 1. The van der Waals surface area contributed by atoms with Gasteiger partial charge in [0.1, 0.15) is 5.01 Å². The van der Waals surface area contributed by atoms with E-state index >= 15 is 0 Å². The van der Waals surface area contributed by atoms with E-state index in [4.69, 9.17) is 0 Å². The lowest BCUT2D eigenvalue weighted by molar-refractivity contribution is 1.09. The van der Waals surface area contributed by atoms with Crippen LogP contribution in [0.4, 0.5) is 5.69 Å². The molecule has 0 fully saturated rings. The zero-order valence-corrected chi connectivity index (χ0v) is 9.29. The van der Waals surface area contributed by atoms with Gasteiger partial charge >= 0.3 is 0 Å². The van der Waals surface area contributed by atoms with E-state index in [2.05, 4.69) is 20.5 Å². The molecule has 0 saturated carbocycles. The summed E-state index contributed by atoms with van der Waals surface area (Å²) in [6.07, 6.45) is 3.64. The number of benzene rings is 1. The molecule has 0 spiro atoms. The van der Waals surface area contributed by atoms with Gasteiger partial charge in [0.2, 0.25) is 0 Å². The average molecular weight is 230 g/mol. The number of rotatable bonds is 3. The number of nitrogens with one attached hydrogen (secondary N) is 2. The zero-order chi connectivity index (χ0) is 10.8. The Hall–Kier alpha value is -1.88. The molecule has 3 rings (SSSR count). The Labute approximate surface area is 96.3 Å². The Morgan fingerprint density at radius 3 is 3.25 bits per heavy atom. The van der Waals surface area contributed by atoms with E-state index in [0.29, 0.717) is 0 Å². The van der Waals surface area contributed by atoms with E-state index in [-0.39, 0.29) is 0 Å². The van der Waals surface area contributed by atoms with Gasteiger partial charge in [0.05, 0.1) is 23.9 Å². The highest BCUT2D eigenvalue weighted by atomic mass is 32.1. The minimum absolute atomic E-state index is 0.746. The van der Waals surface area contributed by atoms with Crippen LogP contribution in [-0.2, 0) is 6.54 Å². The molecule has 0 radical (unpaired) electrons. The third kappa shape index (κ3) is 1.65. The molecule has 0 atom stereocenters. The van der Waals surface area contributed by atoms with Crippen molar-refractivity contribution in [3.05, 3.63) is 41.0 Å². The molecule has 0 unspecified atom stereocenters. The van der Waals surface area contributed by atoms with Gasteiger partial charge in [-0.3, -0.25) is 5.10 Å². The van der Waals surface area contributed by atoms with Crippen molar-refractivity contribution >= 4 is 27.9 Å². The van der Waals surface area contributed by atoms with Gasteiger partial charge in [-0.15, -0.1) is 11.3 Å². The summed E-state index contributed by atoms with van der Waals surface area (Å²) in [5.74, 6) is 0. The first kappa shape index (κ1) is 9.35. The van der Waals surface area contributed by atoms with E-state index in [1.165, 1.54) is 0 Å². The average Bonchev–Trinajstić information content (AvgIpc) is 2.97. The van der Waals surface area contributed by atoms with Gasteiger partial charge in [-0.25, -0.2) is 4.98 Å². The summed E-state index contributed by atoms with van der Waals surface area (Å²) in [6, 6.07) is 6.09. The van der Waals surface area contributed by atoms with Gasteiger partial charge in [0, 0.05) is 17.0 Å². The highest BCUT2D eigenvalue weighted by Crippen LogP contribution is 2.21. The summed E-state index contributed by atoms with van der Waals surface area (Å²) < 4.78 is 0. The van der Waals surface area contributed by atoms with Gasteiger partial charge in [-0.05, 0) is 6.07 Å². The Balaban J connectivity index is 1.86. The first-order chi connectivity index (χ1) is 7.93. The fourth-order valence-corrected chi connectivity index (χ4v) is 2.18. The van der Waals surface area contributed by atoms with Crippen LogP contribution < -0.4 is 5.32 Å². The molecular formula is C11H10N4S. The fourth-order valence-electron chi connectivity index (χ4n) is 1.63. The van der Waals surface area contributed by atoms with E-state index in [9.17, 15) is 0 Å². The Kier molecular flexibility index (Phi) is 2.30. The molecule has 2 N–H and O–H groups in total. The third-order valence-electron chi connectivity index (χ3n) is 2.39. The summed E-state index contributed by atoms with van der Waals surface area (Å²) in [7, 11) is 0. The maximum atomic E-state index is 4.23. The smallest absolute Gasteiger partial charge is 0.112 e. The number of thiazole rings is 1. The highest BCUT2D eigenvalue weighted by molar-refractivity contribution is 7.09.